The van der Waals surface area contributed by atoms with Crippen LogP contribution in [0, 0.1) is 6.92 Å². The van der Waals surface area contributed by atoms with E-state index in [0.717, 1.165) is 24.8 Å². The number of carbonyl (C=O) groups is 2. The lowest BCUT2D eigenvalue weighted by Crippen LogP contribution is -2.34. The highest BCUT2D eigenvalue weighted by Gasteiger charge is 2.14. The number of rotatable bonds is 8. The van der Waals surface area contributed by atoms with Crippen LogP contribution < -0.4 is 20.7 Å². The van der Waals surface area contributed by atoms with Crippen molar-refractivity contribution in [2.24, 2.45) is 0 Å². The van der Waals surface area contributed by atoms with Crippen molar-refractivity contribution < 1.29 is 14.3 Å². The third kappa shape index (κ3) is 7.19. The van der Waals surface area contributed by atoms with Crippen LogP contribution in [0.15, 0.2) is 42.5 Å². The van der Waals surface area contributed by atoms with Crippen LogP contribution in [0.3, 0.4) is 0 Å². The van der Waals surface area contributed by atoms with Crippen molar-refractivity contribution in [2.45, 2.75) is 40.0 Å². The molecule has 2 rings (SSSR count). The first kappa shape index (κ1) is 22.4. The predicted octanol–water partition coefficient (Wildman–Crippen LogP) is 4.65. The average molecular weight is 414 g/mol. The number of amides is 2. The first-order valence-electron chi connectivity index (χ1n) is 9.63. The van der Waals surface area contributed by atoms with Gasteiger partial charge in [-0.15, -0.1) is 0 Å². The Morgan fingerprint density at radius 2 is 1.83 bits per heavy atom. The average Bonchev–Trinajstić information content (AvgIpc) is 2.67. The van der Waals surface area contributed by atoms with Crippen LogP contribution in [0.5, 0.6) is 5.75 Å². The van der Waals surface area contributed by atoms with Crippen molar-refractivity contribution in [3.63, 3.8) is 0 Å². The molecule has 0 unspecified atom stereocenters. The summed E-state index contributed by atoms with van der Waals surface area (Å²) in [5, 5.41) is 8.57. The summed E-state index contributed by atoms with van der Waals surface area (Å²) in [6.07, 6.45) is 3.13. The maximum absolute atomic E-state index is 12.6. The van der Waals surface area contributed by atoms with Gasteiger partial charge in [-0.2, -0.15) is 0 Å². The van der Waals surface area contributed by atoms with Crippen LogP contribution in [0.1, 0.15) is 49.0 Å². The molecule has 3 N–H and O–H groups in total. The number of thiocarbonyl (C=S) groups is 1. The van der Waals surface area contributed by atoms with Crippen LogP contribution in [0.2, 0.25) is 0 Å². The summed E-state index contributed by atoms with van der Waals surface area (Å²) in [5.74, 6) is 0.0339. The molecule has 0 saturated heterocycles. The number of carbonyl (C=O) groups excluding carboxylic acids is 2. The van der Waals surface area contributed by atoms with E-state index < -0.39 is 0 Å². The van der Waals surface area contributed by atoms with E-state index in [1.165, 1.54) is 6.92 Å². The van der Waals surface area contributed by atoms with Gasteiger partial charge in [-0.1, -0.05) is 38.0 Å². The lowest BCUT2D eigenvalue weighted by atomic mass is 10.1. The number of hydrogen-bond donors (Lipinski definition) is 3. The monoisotopic (exact) mass is 413 g/mol. The Morgan fingerprint density at radius 1 is 1.07 bits per heavy atom. The maximum Gasteiger partial charge on any atom is 0.261 e. The summed E-state index contributed by atoms with van der Waals surface area (Å²) in [6.45, 7) is 6.04. The lowest BCUT2D eigenvalue weighted by molar-refractivity contribution is -0.114. The van der Waals surface area contributed by atoms with Gasteiger partial charge < -0.3 is 15.4 Å². The zero-order valence-corrected chi connectivity index (χ0v) is 17.8. The van der Waals surface area contributed by atoms with Gasteiger partial charge in [0, 0.05) is 18.3 Å². The van der Waals surface area contributed by atoms with E-state index in [4.69, 9.17) is 17.0 Å². The van der Waals surface area contributed by atoms with E-state index in [-0.39, 0.29) is 16.9 Å². The molecule has 0 radical (unpaired) electrons. The second-order valence-electron chi connectivity index (χ2n) is 6.67. The normalized spacial score (nSPS) is 10.2. The largest absolute Gasteiger partial charge is 0.493 e. The quantitative estimate of drug-likeness (QED) is 0.434. The molecule has 2 aromatic carbocycles. The Balaban J connectivity index is 2.01. The van der Waals surface area contributed by atoms with Crippen molar-refractivity contribution >= 4 is 40.5 Å². The van der Waals surface area contributed by atoms with E-state index in [1.807, 2.05) is 25.1 Å². The van der Waals surface area contributed by atoms with Crippen molar-refractivity contribution in [2.75, 3.05) is 17.2 Å². The minimum absolute atomic E-state index is 0.156. The van der Waals surface area contributed by atoms with Gasteiger partial charge in [-0.3, -0.25) is 14.9 Å². The summed E-state index contributed by atoms with van der Waals surface area (Å²) in [5.41, 5.74) is 2.70. The minimum Gasteiger partial charge on any atom is -0.493 e. The zero-order valence-electron chi connectivity index (χ0n) is 17.0. The molecule has 7 heteroatoms. The summed E-state index contributed by atoms with van der Waals surface area (Å²) >= 11 is 5.27. The van der Waals surface area contributed by atoms with Crippen LogP contribution in [-0.4, -0.2) is 23.5 Å². The van der Waals surface area contributed by atoms with Crippen molar-refractivity contribution in [3.8, 4) is 5.75 Å². The highest BCUT2D eigenvalue weighted by molar-refractivity contribution is 7.80. The molecular formula is C22H27N3O3S. The molecule has 2 amide bonds. The van der Waals surface area contributed by atoms with Crippen LogP contribution in [0.25, 0.3) is 0 Å². The number of nitrogens with one attached hydrogen (secondary N) is 3. The van der Waals surface area contributed by atoms with Gasteiger partial charge in [0.15, 0.2) is 5.11 Å². The fourth-order valence-corrected chi connectivity index (χ4v) is 2.88. The number of benzene rings is 2. The predicted molar refractivity (Wildman–Crippen MR) is 121 cm³/mol. The van der Waals surface area contributed by atoms with E-state index in [2.05, 4.69) is 22.9 Å². The molecule has 0 aliphatic heterocycles. The van der Waals surface area contributed by atoms with Crippen molar-refractivity contribution in [3.05, 3.63) is 53.6 Å². The molecule has 0 saturated carbocycles. The maximum atomic E-state index is 12.6. The molecule has 0 aromatic heterocycles. The van der Waals surface area contributed by atoms with Gasteiger partial charge in [-0.05, 0) is 55.4 Å². The molecule has 0 aliphatic carbocycles. The Kier molecular flexibility index (Phi) is 8.61. The van der Waals surface area contributed by atoms with E-state index in [0.29, 0.717) is 29.3 Å². The van der Waals surface area contributed by atoms with Gasteiger partial charge >= 0.3 is 0 Å². The molecule has 0 aliphatic rings. The highest BCUT2D eigenvalue weighted by atomic mass is 32.1. The first-order valence-corrected chi connectivity index (χ1v) is 10.0. The van der Waals surface area contributed by atoms with Gasteiger partial charge in [0.2, 0.25) is 5.91 Å². The SMILES string of the molecule is CCCCCOc1ccccc1C(=O)NC(=S)Nc1ccc(C)c(NC(C)=O)c1. The van der Waals surface area contributed by atoms with E-state index in [9.17, 15) is 9.59 Å². The van der Waals surface area contributed by atoms with Crippen molar-refractivity contribution in [1.82, 2.24) is 5.32 Å². The molecule has 0 spiro atoms. The first-order chi connectivity index (χ1) is 13.9. The standard InChI is InChI=1S/C22H27N3O3S/c1-4-5-8-13-28-20-10-7-6-9-18(20)21(27)25-22(29)24-17-12-11-15(2)19(14-17)23-16(3)26/h6-7,9-12,14H,4-5,8,13H2,1-3H3,(H,23,26)(H2,24,25,27,29). The fraction of sp³-hybridized carbons (Fsp3) is 0.318. The van der Waals surface area contributed by atoms with Crippen molar-refractivity contribution in [1.29, 1.82) is 0 Å². The summed E-state index contributed by atoms with van der Waals surface area (Å²) in [6, 6.07) is 12.5. The third-order valence-electron chi connectivity index (χ3n) is 4.17. The Labute approximate surface area is 177 Å². The van der Waals surface area contributed by atoms with Gasteiger partial charge in [0.25, 0.3) is 5.91 Å². The summed E-state index contributed by atoms with van der Waals surface area (Å²) in [7, 11) is 0. The summed E-state index contributed by atoms with van der Waals surface area (Å²) in [4.78, 5) is 24.0. The Morgan fingerprint density at radius 3 is 2.55 bits per heavy atom. The highest BCUT2D eigenvalue weighted by Crippen LogP contribution is 2.21. The van der Waals surface area contributed by atoms with Crippen LogP contribution in [0.4, 0.5) is 11.4 Å². The number of para-hydroxylation sites is 1. The number of unbranched alkanes of at least 4 members (excludes halogenated alkanes) is 2. The Hall–Kier alpha value is -2.93. The molecule has 0 heterocycles. The van der Waals surface area contributed by atoms with Gasteiger partial charge in [0.1, 0.15) is 5.75 Å². The number of ether oxygens (including phenoxy) is 1. The van der Waals surface area contributed by atoms with E-state index >= 15 is 0 Å². The number of hydrogen-bond acceptors (Lipinski definition) is 4. The molecule has 6 nitrogen and oxygen atoms in total. The molecule has 0 fully saturated rings. The number of anilines is 2. The van der Waals surface area contributed by atoms with Crippen LogP contribution >= 0.6 is 12.2 Å². The third-order valence-corrected chi connectivity index (χ3v) is 4.37. The minimum atomic E-state index is -0.345. The van der Waals surface area contributed by atoms with Gasteiger partial charge in [0.05, 0.1) is 12.2 Å². The number of aryl methyl sites for hydroxylation is 1. The molecule has 0 bridgehead atoms. The smallest absolute Gasteiger partial charge is 0.261 e. The molecule has 2 aromatic rings. The topological polar surface area (TPSA) is 79.5 Å². The molecule has 154 valence electrons. The Bertz CT molecular complexity index is 883. The fourth-order valence-electron chi connectivity index (χ4n) is 2.67. The van der Waals surface area contributed by atoms with Gasteiger partial charge in [-0.25, -0.2) is 0 Å². The zero-order chi connectivity index (χ0) is 21.2. The second kappa shape index (κ2) is 11.2. The van der Waals surface area contributed by atoms with E-state index in [1.54, 1.807) is 24.3 Å². The molecule has 29 heavy (non-hydrogen) atoms. The second-order valence-corrected chi connectivity index (χ2v) is 7.08. The lowest BCUT2D eigenvalue weighted by Gasteiger charge is -2.14. The molecular weight excluding hydrogens is 386 g/mol. The van der Waals surface area contributed by atoms with Crippen LogP contribution in [-0.2, 0) is 4.79 Å². The summed E-state index contributed by atoms with van der Waals surface area (Å²) < 4.78 is 5.76. The molecule has 0 atom stereocenters.